The molecule has 2 rings (SSSR count). The van der Waals surface area contributed by atoms with Gasteiger partial charge in [0.15, 0.2) is 0 Å². The van der Waals surface area contributed by atoms with Crippen LogP contribution in [-0.4, -0.2) is 16.8 Å². The summed E-state index contributed by atoms with van der Waals surface area (Å²) in [5, 5.41) is 8.29. The van der Waals surface area contributed by atoms with Crippen LogP contribution in [0.25, 0.3) is 0 Å². The summed E-state index contributed by atoms with van der Waals surface area (Å²) in [5.41, 5.74) is 5.94. The standard InChI is InChI=1S/C12H22N2S/c13-11(14)8-12(6-7-12)9-15-10-4-2-1-3-5-10/h10H,1-9H2,(H3,13,14). The lowest BCUT2D eigenvalue weighted by Gasteiger charge is -2.23. The third kappa shape index (κ3) is 3.40. The SMILES string of the molecule is N=C(N)CC1(CSC2CCCCC2)CC1. The highest BCUT2D eigenvalue weighted by Crippen LogP contribution is 2.52. The van der Waals surface area contributed by atoms with Gasteiger partial charge in [0, 0.05) is 11.7 Å². The molecule has 0 saturated heterocycles. The number of nitrogens with one attached hydrogen (secondary N) is 1. The Bertz CT molecular complexity index is 230. The van der Waals surface area contributed by atoms with Gasteiger partial charge in [-0.05, 0) is 36.9 Å². The van der Waals surface area contributed by atoms with Gasteiger partial charge in [-0.3, -0.25) is 5.41 Å². The Morgan fingerprint density at radius 3 is 2.47 bits per heavy atom. The summed E-state index contributed by atoms with van der Waals surface area (Å²) in [6, 6.07) is 0. The van der Waals surface area contributed by atoms with Crippen molar-refractivity contribution < 1.29 is 0 Å². The monoisotopic (exact) mass is 226 g/mol. The molecule has 86 valence electrons. The van der Waals surface area contributed by atoms with E-state index in [9.17, 15) is 0 Å². The average molecular weight is 226 g/mol. The zero-order chi connectivity index (χ0) is 10.7. The Labute approximate surface area is 96.9 Å². The Kier molecular flexibility index (Phi) is 3.60. The third-order valence-corrected chi connectivity index (χ3v) is 5.42. The van der Waals surface area contributed by atoms with Crippen molar-refractivity contribution in [3.8, 4) is 0 Å². The minimum atomic E-state index is 0.386. The number of hydrogen-bond donors (Lipinski definition) is 2. The Balaban J connectivity index is 1.70. The fourth-order valence-electron chi connectivity index (χ4n) is 2.48. The molecule has 0 aliphatic heterocycles. The lowest BCUT2D eigenvalue weighted by atomic mass is 10.0. The molecule has 0 radical (unpaired) electrons. The summed E-state index contributed by atoms with van der Waals surface area (Å²) in [7, 11) is 0. The van der Waals surface area contributed by atoms with E-state index in [4.69, 9.17) is 11.1 Å². The maximum Gasteiger partial charge on any atom is 0.0911 e. The van der Waals surface area contributed by atoms with E-state index in [0.29, 0.717) is 11.3 Å². The van der Waals surface area contributed by atoms with Gasteiger partial charge in [-0.15, -0.1) is 0 Å². The maximum absolute atomic E-state index is 7.38. The Morgan fingerprint density at radius 2 is 1.93 bits per heavy atom. The Hall–Kier alpha value is -0.180. The molecule has 0 aromatic heterocycles. The predicted octanol–water partition coefficient (Wildman–Crippen LogP) is 3.16. The first kappa shape index (κ1) is 11.3. The minimum absolute atomic E-state index is 0.386. The highest BCUT2D eigenvalue weighted by Gasteiger charge is 2.43. The second-order valence-corrected chi connectivity index (χ2v) is 6.56. The van der Waals surface area contributed by atoms with Crippen LogP contribution < -0.4 is 5.73 Å². The smallest absolute Gasteiger partial charge is 0.0911 e. The van der Waals surface area contributed by atoms with Crippen LogP contribution in [0, 0.1) is 10.8 Å². The molecule has 2 aliphatic rings. The van der Waals surface area contributed by atoms with E-state index in [1.807, 2.05) is 0 Å². The van der Waals surface area contributed by atoms with Gasteiger partial charge < -0.3 is 5.73 Å². The number of amidine groups is 1. The molecular formula is C12H22N2S. The van der Waals surface area contributed by atoms with Crippen LogP contribution in [0.1, 0.15) is 51.4 Å². The van der Waals surface area contributed by atoms with Crippen molar-refractivity contribution in [3.05, 3.63) is 0 Å². The van der Waals surface area contributed by atoms with E-state index in [1.165, 1.54) is 50.7 Å². The molecule has 2 nitrogen and oxygen atoms in total. The van der Waals surface area contributed by atoms with Crippen LogP contribution in [0.2, 0.25) is 0 Å². The third-order valence-electron chi connectivity index (χ3n) is 3.70. The van der Waals surface area contributed by atoms with E-state index < -0.39 is 0 Å². The number of rotatable bonds is 5. The van der Waals surface area contributed by atoms with Gasteiger partial charge in [0.25, 0.3) is 0 Å². The highest BCUT2D eigenvalue weighted by atomic mass is 32.2. The minimum Gasteiger partial charge on any atom is -0.388 e. The lowest BCUT2D eigenvalue weighted by molar-refractivity contribution is 0.513. The molecule has 0 spiro atoms. The molecule has 15 heavy (non-hydrogen) atoms. The molecule has 3 heteroatoms. The van der Waals surface area contributed by atoms with Crippen molar-refractivity contribution in [1.82, 2.24) is 0 Å². The van der Waals surface area contributed by atoms with Crippen molar-refractivity contribution in [3.63, 3.8) is 0 Å². The molecule has 0 amide bonds. The average Bonchev–Trinajstić information content (AvgIpc) is 2.96. The van der Waals surface area contributed by atoms with E-state index >= 15 is 0 Å². The van der Waals surface area contributed by atoms with E-state index in [1.54, 1.807) is 0 Å². The van der Waals surface area contributed by atoms with Gasteiger partial charge in [-0.25, -0.2) is 0 Å². The molecule has 0 unspecified atom stereocenters. The van der Waals surface area contributed by atoms with Crippen LogP contribution in [0.3, 0.4) is 0 Å². The van der Waals surface area contributed by atoms with E-state index in [2.05, 4.69) is 11.8 Å². The molecule has 0 atom stereocenters. The summed E-state index contributed by atoms with van der Waals surface area (Å²) in [4.78, 5) is 0. The van der Waals surface area contributed by atoms with Gasteiger partial charge in [0.05, 0.1) is 5.84 Å². The lowest BCUT2D eigenvalue weighted by Crippen LogP contribution is -2.19. The molecule has 0 heterocycles. The summed E-state index contributed by atoms with van der Waals surface area (Å²) in [5.74, 6) is 1.63. The summed E-state index contributed by atoms with van der Waals surface area (Å²) < 4.78 is 0. The molecule has 2 aliphatic carbocycles. The van der Waals surface area contributed by atoms with Crippen LogP contribution >= 0.6 is 11.8 Å². The molecule has 0 bridgehead atoms. The maximum atomic E-state index is 7.38. The van der Waals surface area contributed by atoms with Crippen LogP contribution in [0.5, 0.6) is 0 Å². The molecule has 2 saturated carbocycles. The van der Waals surface area contributed by atoms with Crippen LogP contribution in [-0.2, 0) is 0 Å². The molecule has 0 aromatic carbocycles. The number of nitrogens with two attached hydrogens (primary N) is 1. The number of thioether (sulfide) groups is 1. The second-order valence-electron chi connectivity index (χ2n) is 5.27. The second kappa shape index (κ2) is 4.77. The first-order chi connectivity index (χ1) is 7.20. The first-order valence-corrected chi connectivity index (χ1v) is 7.20. The van der Waals surface area contributed by atoms with Crippen molar-refractivity contribution in [1.29, 1.82) is 5.41 Å². The fraction of sp³-hybridized carbons (Fsp3) is 0.917. The zero-order valence-corrected chi connectivity index (χ0v) is 10.2. The molecule has 2 fully saturated rings. The van der Waals surface area contributed by atoms with Gasteiger partial charge in [0.2, 0.25) is 0 Å². The van der Waals surface area contributed by atoms with Gasteiger partial charge in [-0.2, -0.15) is 11.8 Å². The zero-order valence-electron chi connectivity index (χ0n) is 9.43. The van der Waals surface area contributed by atoms with Crippen molar-refractivity contribution in [2.24, 2.45) is 11.1 Å². The highest BCUT2D eigenvalue weighted by molar-refractivity contribution is 7.99. The van der Waals surface area contributed by atoms with Gasteiger partial charge in [0.1, 0.15) is 0 Å². The summed E-state index contributed by atoms with van der Waals surface area (Å²) in [6.07, 6.45) is 10.6. The molecular weight excluding hydrogens is 204 g/mol. The van der Waals surface area contributed by atoms with Crippen LogP contribution in [0.4, 0.5) is 0 Å². The number of hydrogen-bond acceptors (Lipinski definition) is 2. The van der Waals surface area contributed by atoms with Crippen LogP contribution in [0.15, 0.2) is 0 Å². The van der Waals surface area contributed by atoms with Crippen molar-refractivity contribution >= 4 is 17.6 Å². The van der Waals surface area contributed by atoms with E-state index in [0.717, 1.165) is 11.7 Å². The van der Waals surface area contributed by atoms with Gasteiger partial charge in [-0.1, -0.05) is 19.3 Å². The summed E-state index contributed by atoms with van der Waals surface area (Å²) in [6.45, 7) is 0. The first-order valence-electron chi connectivity index (χ1n) is 6.15. The largest absolute Gasteiger partial charge is 0.388 e. The quantitative estimate of drug-likeness (QED) is 0.559. The normalized spacial score (nSPS) is 25.1. The van der Waals surface area contributed by atoms with Crippen molar-refractivity contribution in [2.45, 2.75) is 56.6 Å². The topological polar surface area (TPSA) is 49.9 Å². The van der Waals surface area contributed by atoms with Crippen molar-refractivity contribution in [2.75, 3.05) is 5.75 Å². The molecule has 0 aromatic rings. The predicted molar refractivity (Wildman–Crippen MR) is 67.5 cm³/mol. The fourth-order valence-corrected chi connectivity index (χ4v) is 4.13. The van der Waals surface area contributed by atoms with Gasteiger partial charge >= 0.3 is 0 Å². The van der Waals surface area contributed by atoms with E-state index in [-0.39, 0.29) is 0 Å². The molecule has 3 N–H and O–H groups in total. The Morgan fingerprint density at radius 1 is 1.27 bits per heavy atom. The summed E-state index contributed by atoms with van der Waals surface area (Å²) >= 11 is 2.16.